The molecule has 5 aromatic rings. The lowest BCUT2D eigenvalue weighted by Crippen LogP contribution is -2.21. The van der Waals surface area contributed by atoms with E-state index in [2.05, 4.69) is 15.3 Å². The molecule has 32 heavy (non-hydrogen) atoms. The molecule has 0 spiro atoms. The maximum atomic E-state index is 13.9. The highest BCUT2D eigenvalue weighted by molar-refractivity contribution is 5.88. The minimum Gasteiger partial charge on any atom is -0.389 e. The van der Waals surface area contributed by atoms with Gasteiger partial charge in [-0.3, -0.25) is 19.1 Å². The van der Waals surface area contributed by atoms with Crippen molar-refractivity contribution < 1.29 is 5.11 Å². The van der Waals surface area contributed by atoms with Gasteiger partial charge in [-0.15, -0.1) is 0 Å². The second-order valence-electron chi connectivity index (χ2n) is 8.69. The number of hydrogen-bond donors (Lipinski definition) is 2. The maximum Gasteiger partial charge on any atom is 0.263 e. The molecule has 0 unspecified atom stereocenters. The lowest BCUT2D eigenvalue weighted by atomic mass is 10.0. The van der Waals surface area contributed by atoms with Crippen LogP contribution in [0.1, 0.15) is 43.0 Å². The fraction of sp³-hybridized carbons (Fsp3) is 0.240. The van der Waals surface area contributed by atoms with Crippen LogP contribution in [0.2, 0.25) is 0 Å². The summed E-state index contributed by atoms with van der Waals surface area (Å²) in [6.07, 6.45) is 3.59. The van der Waals surface area contributed by atoms with E-state index in [0.717, 1.165) is 57.3 Å². The van der Waals surface area contributed by atoms with Crippen molar-refractivity contribution in [2.24, 2.45) is 7.05 Å². The molecule has 160 valence electrons. The fourth-order valence-electron chi connectivity index (χ4n) is 4.45. The van der Waals surface area contributed by atoms with Crippen molar-refractivity contribution in [2.75, 3.05) is 0 Å². The van der Waals surface area contributed by atoms with E-state index in [1.807, 2.05) is 61.8 Å². The van der Waals surface area contributed by atoms with E-state index in [0.29, 0.717) is 11.5 Å². The Kier molecular flexibility index (Phi) is 4.10. The first-order chi connectivity index (χ1) is 15.5. The first kappa shape index (κ1) is 19.0. The highest BCUT2D eigenvalue weighted by atomic mass is 16.3. The average Bonchev–Trinajstić information content (AvgIpc) is 3.43. The van der Waals surface area contributed by atoms with Gasteiger partial charge in [-0.2, -0.15) is 10.2 Å². The summed E-state index contributed by atoms with van der Waals surface area (Å²) in [5.74, 6) is 0.417. The number of aliphatic hydroxyl groups excluding tert-OH is 1. The second kappa shape index (κ2) is 6.90. The summed E-state index contributed by atoms with van der Waals surface area (Å²) in [6, 6.07) is 15.3. The third-order valence-electron chi connectivity index (χ3n) is 6.28. The molecule has 7 nitrogen and oxygen atoms in total. The monoisotopic (exact) mass is 425 g/mol. The van der Waals surface area contributed by atoms with E-state index in [9.17, 15) is 9.90 Å². The lowest BCUT2D eigenvalue weighted by molar-refractivity contribution is 0.199. The average molecular weight is 425 g/mol. The largest absolute Gasteiger partial charge is 0.389 e. The van der Waals surface area contributed by atoms with Crippen molar-refractivity contribution in [1.29, 1.82) is 0 Å². The molecule has 0 saturated heterocycles. The third-order valence-corrected chi connectivity index (χ3v) is 6.28. The highest BCUT2D eigenvalue weighted by Crippen LogP contribution is 2.42. The molecule has 1 aliphatic carbocycles. The van der Waals surface area contributed by atoms with Gasteiger partial charge in [-0.25, -0.2) is 0 Å². The number of fused-ring (bicyclic) bond motifs is 2. The van der Waals surface area contributed by atoms with Crippen LogP contribution in [-0.2, 0) is 7.05 Å². The van der Waals surface area contributed by atoms with Crippen molar-refractivity contribution in [3.63, 3.8) is 0 Å². The Labute approximate surface area is 183 Å². The number of nitrogens with one attached hydrogen (secondary N) is 1. The van der Waals surface area contributed by atoms with E-state index in [1.165, 1.54) is 0 Å². The molecular formula is C25H23N5O2. The molecule has 0 radical (unpaired) electrons. The molecule has 0 aliphatic heterocycles. The summed E-state index contributed by atoms with van der Waals surface area (Å²) < 4.78 is 3.54. The van der Waals surface area contributed by atoms with Crippen molar-refractivity contribution in [1.82, 2.24) is 24.5 Å². The Hall–Kier alpha value is -3.71. The van der Waals surface area contributed by atoms with E-state index < -0.39 is 6.10 Å². The summed E-state index contributed by atoms with van der Waals surface area (Å²) in [5, 5.41) is 23.1. The van der Waals surface area contributed by atoms with Gasteiger partial charge in [0.15, 0.2) is 0 Å². The van der Waals surface area contributed by atoms with Crippen LogP contribution >= 0.6 is 0 Å². The van der Waals surface area contributed by atoms with Crippen molar-refractivity contribution in [3.05, 3.63) is 76.3 Å². The standard InChI is InChI=1S/C25H23N5O2/c1-14(31)15-5-8-19(9-6-15)30-24-22(26-27-23(24)16-3-4-16)12-20(25(30)32)17-7-10-21-18(11-17)13-29(2)28-21/h5-14,16,31H,3-4H2,1-2H3,(H,26,27)/t14-/m1/s1. The first-order valence-corrected chi connectivity index (χ1v) is 10.9. The van der Waals surface area contributed by atoms with Crippen LogP contribution in [0.25, 0.3) is 38.8 Å². The molecule has 3 heterocycles. The lowest BCUT2D eigenvalue weighted by Gasteiger charge is -2.13. The van der Waals surface area contributed by atoms with Gasteiger partial charge in [-0.05, 0) is 61.2 Å². The molecule has 2 N–H and O–H groups in total. The zero-order valence-corrected chi connectivity index (χ0v) is 17.9. The van der Waals surface area contributed by atoms with Gasteiger partial charge in [0, 0.05) is 35.8 Å². The molecular weight excluding hydrogens is 402 g/mol. The predicted octanol–water partition coefficient (Wildman–Crippen LogP) is 4.20. The first-order valence-electron chi connectivity index (χ1n) is 10.9. The van der Waals surface area contributed by atoms with Gasteiger partial charge in [0.25, 0.3) is 5.56 Å². The maximum absolute atomic E-state index is 13.9. The molecule has 0 amide bonds. The van der Waals surface area contributed by atoms with Gasteiger partial charge < -0.3 is 5.11 Å². The number of pyridine rings is 1. The zero-order valence-electron chi connectivity index (χ0n) is 17.9. The normalized spacial score (nSPS) is 15.0. The Morgan fingerprint density at radius 1 is 1.09 bits per heavy atom. The number of aliphatic hydroxyl groups is 1. The van der Waals surface area contributed by atoms with Gasteiger partial charge in [0.2, 0.25) is 0 Å². The summed E-state index contributed by atoms with van der Waals surface area (Å²) in [7, 11) is 1.89. The van der Waals surface area contributed by atoms with Crippen LogP contribution in [0, 0.1) is 0 Å². The summed E-state index contributed by atoms with van der Waals surface area (Å²) in [4.78, 5) is 13.9. The van der Waals surface area contributed by atoms with Crippen LogP contribution in [-0.4, -0.2) is 29.7 Å². The van der Waals surface area contributed by atoms with Gasteiger partial charge in [-0.1, -0.05) is 18.2 Å². The number of aromatic nitrogens is 5. The molecule has 3 aromatic heterocycles. The van der Waals surface area contributed by atoms with E-state index in [1.54, 1.807) is 16.2 Å². The molecule has 1 atom stereocenters. The molecule has 6 rings (SSSR count). The van der Waals surface area contributed by atoms with E-state index >= 15 is 0 Å². The number of aryl methyl sites for hydroxylation is 1. The van der Waals surface area contributed by atoms with Gasteiger partial charge in [0.05, 0.1) is 22.8 Å². The SMILES string of the molecule is C[C@@H](O)c1ccc(-n2c(=O)c(-c3ccc4nn(C)cc4c3)cc3n[nH]c(C4CC4)c32)cc1. The van der Waals surface area contributed by atoms with Crippen LogP contribution in [0.5, 0.6) is 0 Å². The zero-order chi connectivity index (χ0) is 22.0. The molecule has 1 fully saturated rings. The minimum atomic E-state index is -0.561. The van der Waals surface area contributed by atoms with Crippen molar-refractivity contribution in [3.8, 4) is 16.8 Å². The van der Waals surface area contributed by atoms with Crippen LogP contribution in [0.15, 0.2) is 59.5 Å². The number of H-pyrrole nitrogens is 1. The Morgan fingerprint density at radius 3 is 2.59 bits per heavy atom. The molecule has 7 heteroatoms. The Balaban J connectivity index is 1.62. The van der Waals surface area contributed by atoms with E-state index in [-0.39, 0.29) is 5.56 Å². The van der Waals surface area contributed by atoms with Crippen LogP contribution in [0.3, 0.4) is 0 Å². The third kappa shape index (κ3) is 2.97. The minimum absolute atomic E-state index is 0.0890. The molecule has 2 aromatic carbocycles. The van der Waals surface area contributed by atoms with Crippen LogP contribution in [0.4, 0.5) is 0 Å². The van der Waals surface area contributed by atoms with Crippen molar-refractivity contribution in [2.45, 2.75) is 31.8 Å². The Morgan fingerprint density at radius 2 is 1.88 bits per heavy atom. The van der Waals surface area contributed by atoms with Crippen molar-refractivity contribution >= 4 is 21.9 Å². The summed E-state index contributed by atoms with van der Waals surface area (Å²) in [6.45, 7) is 1.73. The molecule has 1 saturated carbocycles. The number of rotatable bonds is 4. The molecule has 0 bridgehead atoms. The van der Waals surface area contributed by atoms with E-state index in [4.69, 9.17) is 0 Å². The highest BCUT2D eigenvalue weighted by Gasteiger charge is 2.30. The molecule has 1 aliphatic rings. The quantitative estimate of drug-likeness (QED) is 0.452. The summed E-state index contributed by atoms with van der Waals surface area (Å²) in [5.41, 5.74) is 6.44. The van der Waals surface area contributed by atoms with Gasteiger partial charge in [0.1, 0.15) is 5.52 Å². The van der Waals surface area contributed by atoms with Crippen LogP contribution < -0.4 is 5.56 Å². The fourth-order valence-corrected chi connectivity index (χ4v) is 4.45. The topological polar surface area (TPSA) is 88.7 Å². The number of hydrogen-bond acceptors (Lipinski definition) is 4. The second-order valence-corrected chi connectivity index (χ2v) is 8.69. The Bertz CT molecular complexity index is 1530. The number of aromatic amines is 1. The number of benzene rings is 2. The summed E-state index contributed by atoms with van der Waals surface area (Å²) >= 11 is 0. The smallest absolute Gasteiger partial charge is 0.263 e. The van der Waals surface area contributed by atoms with Gasteiger partial charge >= 0.3 is 0 Å². The number of nitrogens with zero attached hydrogens (tertiary/aromatic N) is 4. The predicted molar refractivity (Wildman–Crippen MR) is 124 cm³/mol.